The summed E-state index contributed by atoms with van der Waals surface area (Å²) in [5.74, 6) is 0.605. The smallest absolute Gasteiger partial charge is 0.276 e. The van der Waals surface area contributed by atoms with Crippen molar-refractivity contribution in [2.45, 2.75) is 13.3 Å². The van der Waals surface area contributed by atoms with Crippen LogP contribution in [0.2, 0.25) is 0 Å². The molecule has 0 heterocycles. The van der Waals surface area contributed by atoms with Gasteiger partial charge in [0, 0.05) is 6.07 Å². The van der Waals surface area contributed by atoms with Gasteiger partial charge in [-0.3, -0.25) is 4.99 Å². The van der Waals surface area contributed by atoms with Gasteiger partial charge < -0.3 is 4.74 Å². The molecule has 0 N–H and O–H groups in total. The predicted molar refractivity (Wildman–Crippen MR) is 51.8 cm³/mol. The van der Waals surface area contributed by atoms with E-state index in [-0.39, 0.29) is 5.71 Å². The molecule has 0 aliphatic carbocycles. The monoisotopic (exact) mass is 199 g/mol. The molecule has 0 saturated heterocycles. The zero-order chi connectivity index (χ0) is 10.6. The van der Waals surface area contributed by atoms with Crippen molar-refractivity contribution in [2.24, 2.45) is 4.99 Å². The van der Waals surface area contributed by atoms with Crippen LogP contribution in [0.15, 0.2) is 29.3 Å². The second-order valence-electron chi connectivity index (χ2n) is 2.76. The molecule has 1 aromatic carbocycles. The summed E-state index contributed by atoms with van der Waals surface area (Å²) in [4.78, 5) is 3.75. The number of alkyl halides is 2. The minimum atomic E-state index is -2.51. The maximum atomic E-state index is 12.1. The molecule has 0 bridgehead atoms. The van der Waals surface area contributed by atoms with Gasteiger partial charge in [-0.05, 0) is 19.1 Å². The zero-order valence-corrected chi connectivity index (χ0v) is 8.00. The summed E-state index contributed by atoms with van der Waals surface area (Å²) in [7, 11) is 1.52. The number of ether oxygens (including phenoxy) is 1. The fourth-order valence-corrected chi connectivity index (χ4v) is 0.932. The SMILES string of the molecule is COc1cccc(N=C(C)C(F)F)c1. The molecule has 0 aliphatic rings. The number of hydrogen-bond donors (Lipinski definition) is 0. The van der Waals surface area contributed by atoms with E-state index in [0.717, 1.165) is 0 Å². The lowest BCUT2D eigenvalue weighted by Crippen LogP contribution is -2.03. The molecule has 2 nitrogen and oxygen atoms in total. The Hall–Kier alpha value is -1.45. The first-order valence-electron chi connectivity index (χ1n) is 4.11. The summed E-state index contributed by atoms with van der Waals surface area (Å²) in [6.07, 6.45) is -2.51. The van der Waals surface area contributed by atoms with Crippen LogP contribution < -0.4 is 4.74 Å². The maximum Gasteiger partial charge on any atom is 0.276 e. The summed E-state index contributed by atoms with van der Waals surface area (Å²) in [5, 5.41) is 0. The lowest BCUT2D eigenvalue weighted by Gasteiger charge is -2.01. The summed E-state index contributed by atoms with van der Waals surface area (Å²) in [6.45, 7) is 1.30. The van der Waals surface area contributed by atoms with Gasteiger partial charge in [-0.1, -0.05) is 6.07 Å². The van der Waals surface area contributed by atoms with Crippen molar-refractivity contribution < 1.29 is 13.5 Å². The van der Waals surface area contributed by atoms with Gasteiger partial charge in [0.25, 0.3) is 6.43 Å². The molecule has 0 fully saturated rings. The summed E-state index contributed by atoms with van der Waals surface area (Å²) in [6, 6.07) is 6.69. The predicted octanol–water partition coefficient (Wildman–Crippen LogP) is 3.05. The zero-order valence-electron chi connectivity index (χ0n) is 8.00. The van der Waals surface area contributed by atoms with Crippen LogP contribution in [-0.2, 0) is 0 Å². The van der Waals surface area contributed by atoms with Gasteiger partial charge in [-0.15, -0.1) is 0 Å². The third kappa shape index (κ3) is 2.80. The molecule has 14 heavy (non-hydrogen) atoms. The summed E-state index contributed by atoms with van der Waals surface area (Å²) >= 11 is 0. The van der Waals surface area contributed by atoms with Gasteiger partial charge in [0.05, 0.1) is 18.5 Å². The Labute approximate surface area is 81.2 Å². The number of nitrogens with zero attached hydrogens (tertiary/aromatic N) is 1. The maximum absolute atomic E-state index is 12.1. The van der Waals surface area contributed by atoms with Crippen molar-refractivity contribution in [1.82, 2.24) is 0 Å². The van der Waals surface area contributed by atoms with E-state index < -0.39 is 6.43 Å². The van der Waals surface area contributed by atoms with Crippen molar-refractivity contribution in [3.8, 4) is 5.75 Å². The quantitative estimate of drug-likeness (QED) is 0.685. The molecule has 0 spiro atoms. The second kappa shape index (κ2) is 4.69. The van der Waals surface area contributed by atoms with Crippen molar-refractivity contribution in [2.75, 3.05) is 7.11 Å². The van der Waals surface area contributed by atoms with Gasteiger partial charge in [-0.2, -0.15) is 0 Å². The molecular weight excluding hydrogens is 188 g/mol. The Morgan fingerprint density at radius 2 is 2.14 bits per heavy atom. The number of benzene rings is 1. The van der Waals surface area contributed by atoms with Gasteiger partial charge >= 0.3 is 0 Å². The fraction of sp³-hybridized carbons (Fsp3) is 0.300. The Kier molecular flexibility index (Phi) is 3.56. The Morgan fingerprint density at radius 1 is 1.43 bits per heavy atom. The van der Waals surface area contributed by atoms with E-state index >= 15 is 0 Å². The first-order valence-corrected chi connectivity index (χ1v) is 4.11. The normalized spacial score (nSPS) is 11.9. The highest BCUT2D eigenvalue weighted by Gasteiger charge is 2.06. The van der Waals surface area contributed by atoms with Gasteiger partial charge in [0.15, 0.2) is 0 Å². The number of aliphatic imine (C=N–C) groups is 1. The molecule has 0 radical (unpaired) electrons. The third-order valence-corrected chi connectivity index (χ3v) is 1.67. The van der Waals surface area contributed by atoms with E-state index in [4.69, 9.17) is 4.74 Å². The topological polar surface area (TPSA) is 21.6 Å². The lowest BCUT2D eigenvalue weighted by molar-refractivity contribution is 0.225. The van der Waals surface area contributed by atoms with Crippen molar-refractivity contribution in [3.05, 3.63) is 24.3 Å². The van der Waals surface area contributed by atoms with Crippen LogP contribution in [0.25, 0.3) is 0 Å². The molecule has 76 valence electrons. The van der Waals surface area contributed by atoms with Crippen LogP contribution in [-0.4, -0.2) is 19.2 Å². The van der Waals surface area contributed by atoms with Crippen LogP contribution in [0, 0.1) is 0 Å². The molecular formula is C10H11F2NO. The highest BCUT2D eigenvalue weighted by atomic mass is 19.3. The van der Waals surface area contributed by atoms with E-state index in [2.05, 4.69) is 4.99 Å². The van der Waals surface area contributed by atoms with Gasteiger partial charge in [0.1, 0.15) is 5.75 Å². The van der Waals surface area contributed by atoms with Crippen molar-refractivity contribution >= 4 is 11.4 Å². The molecule has 1 aromatic rings. The van der Waals surface area contributed by atoms with E-state index in [9.17, 15) is 8.78 Å². The van der Waals surface area contributed by atoms with Gasteiger partial charge in [0.2, 0.25) is 0 Å². The molecule has 0 amide bonds. The molecule has 0 aromatic heterocycles. The van der Waals surface area contributed by atoms with E-state index in [0.29, 0.717) is 11.4 Å². The minimum Gasteiger partial charge on any atom is -0.497 e. The standard InChI is InChI=1S/C10H11F2NO/c1-7(10(11)12)13-8-4-3-5-9(6-8)14-2/h3-6,10H,1-2H3. The minimum absolute atomic E-state index is 0.196. The third-order valence-electron chi connectivity index (χ3n) is 1.67. The van der Waals surface area contributed by atoms with Crippen molar-refractivity contribution in [1.29, 1.82) is 0 Å². The van der Waals surface area contributed by atoms with Crippen LogP contribution in [0.4, 0.5) is 14.5 Å². The molecule has 0 atom stereocenters. The Morgan fingerprint density at radius 3 is 2.71 bits per heavy atom. The van der Waals surface area contributed by atoms with Gasteiger partial charge in [-0.25, -0.2) is 8.78 Å². The largest absolute Gasteiger partial charge is 0.497 e. The summed E-state index contributed by atoms with van der Waals surface area (Å²) < 4.78 is 29.2. The fourth-order valence-electron chi connectivity index (χ4n) is 0.932. The lowest BCUT2D eigenvalue weighted by atomic mass is 10.3. The average Bonchev–Trinajstić information content (AvgIpc) is 2.18. The van der Waals surface area contributed by atoms with Crippen LogP contribution >= 0.6 is 0 Å². The Bertz CT molecular complexity index is 337. The first-order chi connectivity index (χ1) is 6.63. The van der Waals surface area contributed by atoms with E-state index in [1.54, 1.807) is 24.3 Å². The number of halogens is 2. The molecule has 1 rings (SSSR count). The molecule has 4 heteroatoms. The first kappa shape index (κ1) is 10.6. The number of hydrogen-bond acceptors (Lipinski definition) is 2. The second-order valence-corrected chi connectivity index (χ2v) is 2.76. The highest BCUT2D eigenvalue weighted by Crippen LogP contribution is 2.20. The van der Waals surface area contributed by atoms with Crippen molar-refractivity contribution in [3.63, 3.8) is 0 Å². The van der Waals surface area contributed by atoms with Crippen LogP contribution in [0.1, 0.15) is 6.92 Å². The number of methoxy groups -OCH3 is 1. The summed E-state index contributed by atoms with van der Waals surface area (Å²) in [5.41, 5.74) is 0.278. The molecule has 0 unspecified atom stereocenters. The molecule has 0 aliphatic heterocycles. The highest BCUT2D eigenvalue weighted by molar-refractivity contribution is 5.87. The average molecular weight is 199 g/mol. The van der Waals surface area contributed by atoms with E-state index in [1.165, 1.54) is 14.0 Å². The molecule has 0 saturated carbocycles. The van der Waals surface area contributed by atoms with E-state index in [1.807, 2.05) is 0 Å². The Balaban J connectivity index is 2.91. The number of rotatable bonds is 3. The van der Waals surface area contributed by atoms with Crippen LogP contribution in [0.5, 0.6) is 5.75 Å². The van der Waals surface area contributed by atoms with Crippen LogP contribution in [0.3, 0.4) is 0 Å².